The molecular weight excluding hydrogens is 256 g/mol. The zero-order valence-corrected chi connectivity index (χ0v) is 11.8. The van der Waals surface area contributed by atoms with Crippen LogP contribution in [0.25, 0.3) is 0 Å². The molecule has 2 nitrogen and oxygen atoms in total. The van der Waals surface area contributed by atoms with Crippen LogP contribution in [0.3, 0.4) is 0 Å². The first kappa shape index (κ1) is 13.8. The van der Waals surface area contributed by atoms with Gasteiger partial charge in [-0.15, -0.1) is 11.8 Å². The quantitative estimate of drug-likeness (QED) is 0.682. The van der Waals surface area contributed by atoms with E-state index in [1.807, 2.05) is 37.4 Å². The maximum atomic E-state index is 12.2. The Bertz CT molecular complexity index is 558. The Morgan fingerprint density at radius 3 is 2.16 bits per heavy atom. The molecule has 0 saturated heterocycles. The minimum Gasteiger partial charge on any atom is -0.380 e. The summed E-state index contributed by atoms with van der Waals surface area (Å²) >= 11 is 1.62. The second kappa shape index (κ2) is 6.04. The maximum Gasteiger partial charge on any atom is 0.195 e. The summed E-state index contributed by atoms with van der Waals surface area (Å²) in [5.41, 5.74) is 2.27. The van der Waals surface area contributed by atoms with Crippen molar-refractivity contribution in [3.05, 3.63) is 65.2 Å². The number of Topliss-reactive ketones (excluding diaryl/α,β-unsaturated/α-hetero) is 1. The molecule has 0 bridgehead atoms. The van der Waals surface area contributed by atoms with Gasteiger partial charge in [0.05, 0.1) is 0 Å². The third-order valence-electron chi connectivity index (χ3n) is 3.02. The third-order valence-corrected chi connectivity index (χ3v) is 3.76. The highest BCUT2D eigenvalue weighted by Gasteiger charge is 2.18. The Morgan fingerprint density at radius 1 is 1.05 bits per heavy atom. The van der Waals surface area contributed by atoms with Crippen LogP contribution in [0.5, 0.6) is 0 Å². The van der Waals surface area contributed by atoms with E-state index < -0.39 is 6.10 Å². The van der Waals surface area contributed by atoms with E-state index in [-0.39, 0.29) is 5.78 Å². The molecule has 0 aliphatic heterocycles. The zero-order valence-electron chi connectivity index (χ0n) is 11.0. The lowest BCUT2D eigenvalue weighted by Gasteiger charge is -2.10. The molecule has 0 aliphatic carbocycles. The highest BCUT2D eigenvalue weighted by Crippen LogP contribution is 2.21. The number of thioether (sulfide) groups is 1. The van der Waals surface area contributed by atoms with Gasteiger partial charge in [0, 0.05) is 10.5 Å². The summed E-state index contributed by atoms with van der Waals surface area (Å²) in [7, 11) is 0. The lowest BCUT2D eigenvalue weighted by atomic mass is 9.99. The molecule has 2 aromatic carbocycles. The van der Waals surface area contributed by atoms with Crippen LogP contribution < -0.4 is 0 Å². The summed E-state index contributed by atoms with van der Waals surface area (Å²) in [5.74, 6) is -0.267. The summed E-state index contributed by atoms with van der Waals surface area (Å²) in [5, 5.41) is 10.1. The monoisotopic (exact) mass is 272 g/mol. The van der Waals surface area contributed by atoms with Gasteiger partial charge < -0.3 is 5.11 Å². The number of rotatable bonds is 4. The van der Waals surface area contributed by atoms with Gasteiger partial charge in [0.2, 0.25) is 0 Å². The van der Waals surface area contributed by atoms with E-state index in [0.717, 1.165) is 10.5 Å². The molecule has 0 radical (unpaired) electrons. The van der Waals surface area contributed by atoms with Gasteiger partial charge in [-0.05, 0) is 30.9 Å². The van der Waals surface area contributed by atoms with Crippen LogP contribution in [0.4, 0.5) is 0 Å². The summed E-state index contributed by atoms with van der Waals surface area (Å²) in [4.78, 5) is 13.3. The van der Waals surface area contributed by atoms with Gasteiger partial charge >= 0.3 is 0 Å². The first-order valence-corrected chi connectivity index (χ1v) is 7.27. The molecule has 0 aromatic heterocycles. The van der Waals surface area contributed by atoms with Gasteiger partial charge in [-0.3, -0.25) is 4.79 Å². The van der Waals surface area contributed by atoms with Gasteiger partial charge in [-0.25, -0.2) is 0 Å². The van der Waals surface area contributed by atoms with Crippen molar-refractivity contribution >= 4 is 17.5 Å². The first-order valence-electron chi connectivity index (χ1n) is 6.04. The molecule has 2 aromatic rings. The molecule has 19 heavy (non-hydrogen) atoms. The van der Waals surface area contributed by atoms with Gasteiger partial charge in [0.15, 0.2) is 5.78 Å². The fourth-order valence-corrected chi connectivity index (χ4v) is 2.22. The van der Waals surface area contributed by atoms with Crippen LogP contribution in [-0.2, 0) is 0 Å². The predicted molar refractivity (Wildman–Crippen MR) is 78.7 cm³/mol. The summed E-state index contributed by atoms with van der Waals surface area (Å²) in [6.45, 7) is 1.97. The van der Waals surface area contributed by atoms with E-state index in [1.54, 1.807) is 36.0 Å². The van der Waals surface area contributed by atoms with E-state index in [0.29, 0.717) is 11.1 Å². The molecule has 0 spiro atoms. The Labute approximate surface area is 117 Å². The van der Waals surface area contributed by atoms with Crippen molar-refractivity contribution in [2.45, 2.75) is 17.9 Å². The van der Waals surface area contributed by atoms with Crippen molar-refractivity contribution in [1.29, 1.82) is 0 Å². The van der Waals surface area contributed by atoms with Crippen molar-refractivity contribution in [3.63, 3.8) is 0 Å². The number of ketones is 1. The van der Waals surface area contributed by atoms with Crippen molar-refractivity contribution in [3.8, 4) is 0 Å². The Morgan fingerprint density at radius 2 is 1.63 bits per heavy atom. The van der Waals surface area contributed by atoms with E-state index >= 15 is 0 Å². The molecule has 1 N–H and O–H groups in total. The number of carbonyl (C=O) groups is 1. The molecule has 1 atom stereocenters. The Kier molecular flexibility index (Phi) is 4.40. The highest BCUT2D eigenvalue weighted by molar-refractivity contribution is 7.98. The molecule has 3 heteroatoms. The highest BCUT2D eigenvalue weighted by atomic mass is 32.2. The second-order valence-electron chi connectivity index (χ2n) is 4.41. The van der Waals surface area contributed by atoms with Gasteiger partial charge in [-0.2, -0.15) is 0 Å². The minimum absolute atomic E-state index is 0.267. The van der Waals surface area contributed by atoms with Crippen molar-refractivity contribution in [2.24, 2.45) is 0 Å². The smallest absolute Gasteiger partial charge is 0.195 e. The average Bonchev–Trinajstić information content (AvgIpc) is 2.46. The van der Waals surface area contributed by atoms with Crippen LogP contribution in [0.2, 0.25) is 0 Å². The number of benzene rings is 2. The third kappa shape index (κ3) is 3.25. The van der Waals surface area contributed by atoms with Crippen molar-refractivity contribution in [1.82, 2.24) is 0 Å². The van der Waals surface area contributed by atoms with E-state index in [1.165, 1.54) is 0 Å². The largest absolute Gasteiger partial charge is 0.380 e. The fraction of sp³-hybridized carbons (Fsp3) is 0.188. The predicted octanol–water partition coefficient (Wildman–Crippen LogP) is 3.63. The van der Waals surface area contributed by atoms with Crippen molar-refractivity contribution < 1.29 is 9.90 Å². The van der Waals surface area contributed by atoms with Gasteiger partial charge in [0.25, 0.3) is 0 Å². The molecule has 0 heterocycles. The number of hydrogen-bond acceptors (Lipinski definition) is 3. The lowest BCUT2D eigenvalue weighted by molar-refractivity contribution is 0.0747. The SMILES string of the molecule is CSc1ccc(C(=O)C(O)c2ccc(C)cc2)cc1. The molecule has 0 amide bonds. The zero-order chi connectivity index (χ0) is 13.8. The fourth-order valence-electron chi connectivity index (χ4n) is 1.81. The summed E-state index contributed by atoms with van der Waals surface area (Å²) in [6, 6.07) is 14.6. The number of aryl methyl sites for hydroxylation is 1. The van der Waals surface area contributed by atoms with Crippen LogP contribution in [0.1, 0.15) is 27.6 Å². The van der Waals surface area contributed by atoms with E-state index in [9.17, 15) is 9.90 Å². The Hall–Kier alpha value is -1.58. The number of aliphatic hydroxyl groups excluding tert-OH is 1. The standard InChI is InChI=1S/C16H16O2S/c1-11-3-5-12(6-4-11)15(17)16(18)13-7-9-14(19-2)10-8-13/h3-10,15,17H,1-2H3. The maximum absolute atomic E-state index is 12.2. The Balaban J connectivity index is 2.20. The van der Waals surface area contributed by atoms with Gasteiger partial charge in [-0.1, -0.05) is 42.0 Å². The van der Waals surface area contributed by atoms with E-state index in [4.69, 9.17) is 0 Å². The van der Waals surface area contributed by atoms with Crippen LogP contribution in [0.15, 0.2) is 53.4 Å². The minimum atomic E-state index is -1.10. The molecule has 0 saturated carbocycles. The number of aliphatic hydroxyl groups is 1. The normalized spacial score (nSPS) is 12.2. The van der Waals surface area contributed by atoms with Gasteiger partial charge in [0.1, 0.15) is 6.10 Å². The molecular formula is C16H16O2S. The van der Waals surface area contributed by atoms with E-state index in [2.05, 4.69) is 0 Å². The summed E-state index contributed by atoms with van der Waals surface area (Å²) < 4.78 is 0. The van der Waals surface area contributed by atoms with Crippen LogP contribution >= 0.6 is 11.8 Å². The molecule has 1 unspecified atom stereocenters. The molecule has 0 aliphatic rings. The number of carbonyl (C=O) groups excluding carboxylic acids is 1. The molecule has 2 rings (SSSR count). The lowest BCUT2D eigenvalue weighted by Crippen LogP contribution is -2.12. The molecule has 98 valence electrons. The summed E-state index contributed by atoms with van der Waals surface area (Å²) in [6.07, 6.45) is 0.888. The first-order chi connectivity index (χ1) is 9.11. The topological polar surface area (TPSA) is 37.3 Å². The number of hydrogen-bond donors (Lipinski definition) is 1. The average molecular weight is 272 g/mol. The van der Waals surface area contributed by atoms with Crippen LogP contribution in [0, 0.1) is 6.92 Å². The second-order valence-corrected chi connectivity index (χ2v) is 5.29. The van der Waals surface area contributed by atoms with Crippen molar-refractivity contribution in [2.75, 3.05) is 6.26 Å². The molecule has 0 fully saturated rings. The van der Waals surface area contributed by atoms with Crippen LogP contribution in [-0.4, -0.2) is 17.1 Å².